The summed E-state index contributed by atoms with van der Waals surface area (Å²) in [7, 11) is 0. The van der Waals surface area contributed by atoms with Gasteiger partial charge in [-0.3, -0.25) is 0 Å². The van der Waals surface area contributed by atoms with Gasteiger partial charge in [0.2, 0.25) is 0 Å². The van der Waals surface area contributed by atoms with Gasteiger partial charge >= 0.3 is 0 Å². The molecule has 0 aromatic heterocycles. The molecule has 0 aromatic carbocycles. The first kappa shape index (κ1) is 37.4. The van der Waals surface area contributed by atoms with E-state index in [2.05, 4.69) is 0 Å². The Bertz CT molecular complexity index is 8.00. The van der Waals surface area contributed by atoms with Crippen LogP contribution in [0.15, 0.2) is 0 Å². The molecule has 0 N–H and O–H groups in total. The van der Waals surface area contributed by atoms with Gasteiger partial charge in [0.25, 0.3) is 0 Å². The van der Waals surface area contributed by atoms with Crippen LogP contribution in [0.25, 0.3) is 0 Å². The van der Waals surface area contributed by atoms with Crippen molar-refractivity contribution in [1.29, 1.82) is 0 Å². The normalized spacial score (nSPS) is 0. The van der Waals surface area contributed by atoms with Gasteiger partial charge in [-0.2, -0.15) is 0 Å². The van der Waals surface area contributed by atoms with Gasteiger partial charge in [-0.15, -0.1) is 0 Å². The van der Waals surface area contributed by atoms with Gasteiger partial charge in [0.15, 0.2) is 0 Å². The van der Waals surface area contributed by atoms with Crippen LogP contribution >= 0.6 is 0 Å². The third-order valence-electron chi connectivity index (χ3n) is 0. The van der Waals surface area contributed by atoms with E-state index in [9.17, 15) is 0 Å². The van der Waals surface area contributed by atoms with Gasteiger partial charge in [0.1, 0.15) is 0 Å². The van der Waals surface area contributed by atoms with E-state index in [1.165, 1.54) is 0 Å². The minimum Gasteiger partial charge on any atom is 0 e. The average molecular weight is 226 g/mol. The van der Waals surface area contributed by atoms with Gasteiger partial charge < -0.3 is 0 Å². The van der Waals surface area contributed by atoms with Gasteiger partial charge in [-0.05, 0) is 0 Å². The van der Waals surface area contributed by atoms with Crippen molar-refractivity contribution in [3.05, 3.63) is 0 Å². The van der Waals surface area contributed by atoms with E-state index in [0.29, 0.717) is 0 Å². The first-order valence-corrected chi connectivity index (χ1v) is 0. The average Bonchev–Trinajstić information content (AvgIpc) is 0. The van der Waals surface area contributed by atoms with Gasteiger partial charge in [-0.25, -0.2) is 0 Å². The van der Waals surface area contributed by atoms with E-state index >= 15 is 0 Å². The Morgan fingerprint density at radius 3 is 1.00 bits per heavy atom. The molecule has 0 aliphatic rings. The smallest absolute Gasteiger partial charge is 0 e. The van der Waals surface area contributed by atoms with Crippen LogP contribution in [0.4, 0.5) is 0 Å². The monoisotopic (exact) mass is 225 g/mol. The van der Waals surface area contributed by atoms with Crippen molar-refractivity contribution in [2.24, 2.45) is 0 Å². The minimum absolute atomic E-state index is 0. The molecule has 0 fully saturated rings. The summed E-state index contributed by atoms with van der Waals surface area (Å²) in [5.41, 5.74) is 0. The van der Waals surface area contributed by atoms with Crippen LogP contribution in [-0.2, 0) is 39.4 Å². The van der Waals surface area contributed by atoms with Crippen LogP contribution in [-0.4, -0.2) is 28.3 Å². The van der Waals surface area contributed by atoms with Crippen LogP contribution in [0, 0.1) is 0 Å². The van der Waals surface area contributed by atoms with E-state index < -0.39 is 0 Å². The second kappa shape index (κ2) is 19.9. The molecule has 0 spiro atoms. The topological polar surface area (TPSA) is 0 Å². The Balaban J connectivity index is 0. The number of hydrogen-bond acceptors (Lipinski definition) is 0. The zero-order valence-electron chi connectivity index (χ0n) is 1.68. The summed E-state index contributed by atoms with van der Waals surface area (Å²) in [6.45, 7) is 0. The van der Waals surface area contributed by atoms with Crippen LogP contribution in [0.5, 0.6) is 0 Å². The second-order valence-electron chi connectivity index (χ2n) is 0. The summed E-state index contributed by atoms with van der Waals surface area (Å²) in [6, 6.07) is 0. The molecule has 29 valence electrons. The molecule has 0 saturated heterocycles. The molecular formula is AgAlCuSi. The zero-order valence-corrected chi connectivity index (χ0v) is 6.26. The molecule has 0 unspecified atom stereocenters. The third kappa shape index (κ3) is 8.99. The van der Waals surface area contributed by atoms with E-state index in [1.807, 2.05) is 0 Å². The molecular weight excluding hydrogens is 226 g/mol. The summed E-state index contributed by atoms with van der Waals surface area (Å²) in [5.74, 6) is 0. The Kier molecular flexibility index (Phi) is 186. The number of hydrogen-bond donors (Lipinski definition) is 0. The minimum atomic E-state index is 0. The third-order valence-corrected chi connectivity index (χ3v) is 0. The molecule has 0 bridgehead atoms. The molecule has 0 aromatic rings. The van der Waals surface area contributed by atoms with E-state index in [1.54, 1.807) is 0 Å². The summed E-state index contributed by atoms with van der Waals surface area (Å²) in [5, 5.41) is 0. The fourth-order valence-corrected chi connectivity index (χ4v) is 0. The first-order chi connectivity index (χ1) is 0. The predicted octanol–water partition coefficient (Wildman–Crippen LogP) is -0.767. The Morgan fingerprint density at radius 1 is 1.00 bits per heavy atom. The first-order valence-electron chi connectivity index (χ1n) is 0. The zero-order chi connectivity index (χ0) is 0. The second-order valence-corrected chi connectivity index (χ2v) is 0. The number of rotatable bonds is 0. The maximum atomic E-state index is 0. The van der Waals surface area contributed by atoms with Crippen molar-refractivity contribution < 1.29 is 39.4 Å². The summed E-state index contributed by atoms with van der Waals surface area (Å²) < 4.78 is 0. The Hall–Kier alpha value is 2.01. The standard InChI is InChI=1S/Ag.Al.Cu.Si. The van der Waals surface area contributed by atoms with E-state index in [0.717, 1.165) is 0 Å². The van der Waals surface area contributed by atoms with Crippen molar-refractivity contribution in [3.8, 4) is 0 Å². The molecule has 9 radical (unpaired) electrons. The molecule has 0 nitrogen and oxygen atoms in total. The Labute approximate surface area is 67.2 Å². The van der Waals surface area contributed by atoms with Crippen molar-refractivity contribution in [2.45, 2.75) is 0 Å². The molecule has 0 aliphatic heterocycles. The van der Waals surface area contributed by atoms with Crippen molar-refractivity contribution in [1.82, 2.24) is 0 Å². The largest absolute Gasteiger partial charge is 0 e. The van der Waals surface area contributed by atoms with Crippen LogP contribution in [0.1, 0.15) is 0 Å². The maximum Gasteiger partial charge on any atom is 0 e. The molecule has 0 rings (SSSR count). The Morgan fingerprint density at radius 2 is 1.00 bits per heavy atom. The molecule has 4 heavy (non-hydrogen) atoms. The van der Waals surface area contributed by atoms with E-state index in [-0.39, 0.29) is 67.8 Å². The fraction of sp³-hybridized carbons (Fsp3) is 0. The molecule has 0 heterocycles. The summed E-state index contributed by atoms with van der Waals surface area (Å²) in [6.07, 6.45) is 0. The van der Waals surface area contributed by atoms with Crippen LogP contribution in [0.3, 0.4) is 0 Å². The molecule has 0 saturated carbocycles. The molecule has 4 heteroatoms. The van der Waals surface area contributed by atoms with Crippen molar-refractivity contribution in [2.75, 3.05) is 0 Å². The van der Waals surface area contributed by atoms with Gasteiger partial charge in [-0.1, -0.05) is 0 Å². The fourth-order valence-electron chi connectivity index (χ4n) is 0. The summed E-state index contributed by atoms with van der Waals surface area (Å²) in [4.78, 5) is 0. The van der Waals surface area contributed by atoms with Gasteiger partial charge in [0.05, 0.1) is 0 Å². The van der Waals surface area contributed by atoms with Gasteiger partial charge in [0, 0.05) is 67.8 Å². The molecule has 0 amide bonds. The molecule has 0 aliphatic carbocycles. The maximum absolute atomic E-state index is 0. The van der Waals surface area contributed by atoms with E-state index in [4.69, 9.17) is 0 Å². The quantitative estimate of drug-likeness (QED) is 0.476. The van der Waals surface area contributed by atoms with Crippen molar-refractivity contribution in [3.63, 3.8) is 0 Å². The predicted molar refractivity (Wildman–Crippen MR) is 11.5 cm³/mol. The van der Waals surface area contributed by atoms with Crippen LogP contribution < -0.4 is 0 Å². The molecule has 0 atom stereocenters. The summed E-state index contributed by atoms with van der Waals surface area (Å²) >= 11 is 0. The van der Waals surface area contributed by atoms with Crippen LogP contribution in [0.2, 0.25) is 0 Å². The van der Waals surface area contributed by atoms with Crippen molar-refractivity contribution >= 4 is 28.3 Å². The SMILES string of the molecule is [Ag].[Al].[Cu].[Si].